The molecule has 4 aromatic rings. The number of ether oxygens (including phenoxy) is 2. The number of anilines is 1. The lowest BCUT2D eigenvalue weighted by atomic mass is 9.90. The van der Waals surface area contributed by atoms with Crippen LogP contribution in [-0.2, 0) is 0 Å². The molecule has 0 radical (unpaired) electrons. The van der Waals surface area contributed by atoms with Crippen LogP contribution in [0.15, 0.2) is 72.9 Å². The standard InChI is InChI=1S/C27H29N3O3/c1-30(2)20-11-9-18(10-12-20)24(25-17-28-26-8-6-5-7-23(25)26)16-29-27(31)19-13-21(32-3)15-22(14-19)33-4/h5-15,17,24,28H,16H2,1-4H3,(H,29,31)/t24-/m0/s1. The molecule has 2 N–H and O–H groups in total. The van der Waals surface area contributed by atoms with Crippen molar-refractivity contribution >= 4 is 22.5 Å². The Kier molecular flexibility index (Phi) is 6.54. The Morgan fingerprint density at radius 3 is 2.27 bits per heavy atom. The van der Waals surface area contributed by atoms with Gasteiger partial charge in [0, 0.05) is 61.0 Å². The number of rotatable bonds is 8. The summed E-state index contributed by atoms with van der Waals surface area (Å²) >= 11 is 0. The highest BCUT2D eigenvalue weighted by atomic mass is 16.5. The number of H-pyrrole nitrogens is 1. The van der Waals surface area contributed by atoms with E-state index < -0.39 is 0 Å². The van der Waals surface area contributed by atoms with Crippen molar-refractivity contribution < 1.29 is 14.3 Å². The van der Waals surface area contributed by atoms with E-state index in [2.05, 4.69) is 51.6 Å². The maximum absolute atomic E-state index is 13.1. The number of benzene rings is 3. The van der Waals surface area contributed by atoms with E-state index in [9.17, 15) is 4.79 Å². The Morgan fingerprint density at radius 2 is 1.64 bits per heavy atom. The Morgan fingerprint density at radius 1 is 0.970 bits per heavy atom. The van der Waals surface area contributed by atoms with Gasteiger partial charge in [0.1, 0.15) is 11.5 Å². The van der Waals surface area contributed by atoms with E-state index in [-0.39, 0.29) is 11.8 Å². The molecule has 1 aromatic heterocycles. The summed E-state index contributed by atoms with van der Waals surface area (Å²) in [5, 5.41) is 4.27. The van der Waals surface area contributed by atoms with Crippen molar-refractivity contribution in [3.63, 3.8) is 0 Å². The van der Waals surface area contributed by atoms with Crippen molar-refractivity contribution in [2.45, 2.75) is 5.92 Å². The number of carbonyl (C=O) groups is 1. The number of aromatic amines is 1. The lowest BCUT2D eigenvalue weighted by Crippen LogP contribution is -2.29. The first-order chi connectivity index (χ1) is 16.0. The van der Waals surface area contributed by atoms with Gasteiger partial charge >= 0.3 is 0 Å². The van der Waals surface area contributed by atoms with Gasteiger partial charge < -0.3 is 24.7 Å². The lowest BCUT2D eigenvalue weighted by molar-refractivity contribution is 0.0951. The van der Waals surface area contributed by atoms with Crippen LogP contribution in [-0.4, -0.2) is 45.8 Å². The van der Waals surface area contributed by atoms with E-state index in [4.69, 9.17) is 9.47 Å². The van der Waals surface area contributed by atoms with E-state index in [1.54, 1.807) is 32.4 Å². The molecular formula is C27H29N3O3. The summed E-state index contributed by atoms with van der Waals surface area (Å²) in [6, 6.07) is 21.9. The molecule has 1 atom stereocenters. The summed E-state index contributed by atoms with van der Waals surface area (Å²) in [4.78, 5) is 18.5. The molecule has 0 saturated heterocycles. The van der Waals surface area contributed by atoms with Gasteiger partial charge in [-0.15, -0.1) is 0 Å². The predicted molar refractivity (Wildman–Crippen MR) is 133 cm³/mol. The minimum atomic E-state index is -0.179. The Hall–Kier alpha value is -3.93. The van der Waals surface area contributed by atoms with Crippen LogP contribution in [0.5, 0.6) is 11.5 Å². The summed E-state index contributed by atoms with van der Waals surface area (Å²) in [6.45, 7) is 0.446. The minimum absolute atomic E-state index is 0.0196. The number of para-hydroxylation sites is 1. The zero-order chi connectivity index (χ0) is 23.4. The number of methoxy groups -OCH3 is 2. The van der Waals surface area contributed by atoms with Crippen molar-refractivity contribution in [3.05, 3.63) is 89.6 Å². The lowest BCUT2D eigenvalue weighted by Gasteiger charge is -2.20. The molecule has 0 aliphatic heterocycles. The van der Waals surface area contributed by atoms with Crippen LogP contribution < -0.4 is 19.7 Å². The van der Waals surface area contributed by atoms with Gasteiger partial charge in [0.2, 0.25) is 0 Å². The third-order valence-corrected chi connectivity index (χ3v) is 5.89. The van der Waals surface area contributed by atoms with E-state index in [0.29, 0.717) is 23.6 Å². The number of nitrogens with zero attached hydrogens (tertiary/aromatic N) is 1. The Balaban J connectivity index is 1.65. The molecule has 0 spiro atoms. The largest absolute Gasteiger partial charge is 0.497 e. The molecule has 0 aliphatic rings. The summed E-state index contributed by atoms with van der Waals surface area (Å²) in [7, 11) is 7.19. The van der Waals surface area contributed by atoms with Crippen LogP contribution in [0.1, 0.15) is 27.4 Å². The molecule has 0 fully saturated rings. The molecule has 0 unspecified atom stereocenters. The quantitative estimate of drug-likeness (QED) is 0.410. The predicted octanol–water partition coefficient (Wildman–Crippen LogP) is 4.81. The molecule has 1 heterocycles. The van der Waals surface area contributed by atoms with Crippen LogP contribution >= 0.6 is 0 Å². The van der Waals surface area contributed by atoms with Crippen LogP contribution in [0.4, 0.5) is 5.69 Å². The molecule has 1 amide bonds. The minimum Gasteiger partial charge on any atom is -0.497 e. The zero-order valence-electron chi connectivity index (χ0n) is 19.4. The Labute approximate surface area is 194 Å². The van der Waals surface area contributed by atoms with Gasteiger partial charge in [0.25, 0.3) is 5.91 Å². The molecule has 0 saturated carbocycles. The number of hydrogen-bond acceptors (Lipinski definition) is 4. The first-order valence-electron chi connectivity index (χ1n) is 10.8. The highest BCUT2D eigenvalue weighted by Gasteiger charge is 2.20. The van der Waals surface area contributed by atoms with Crippen molar-refractivity contribution in [2.24, 2.45) is 0 Å². The number of amides is 1. The third kappa shape index (κ3) is 4.80. The van der Waals surface area contributed by atoms with Gasteiger partial charge in [-0.2, -0.15) is 0 Å². The van der Waals surface area contributed by atoms with Gasteiger partial charge in [0.15, 0.2) is 0 Å². The monoisotopic (exact) mass is 443 g/mol. The zero-order valence-corrected chi connectivity index (χ0v) is 19.4. The molecule has 6 heteroatoms. The van der Waals surface area contributed by atoms with Crippen LogP contribution in [0.25, 0.3) is 10.9 Å². The molecule has 0 bridgehead atoms. The van der Waals surface area contributed by atoms with Gasteiger partial charge in [-0.3, -0.25) is 4.79 Å². The van der Waals surface area contributed by atoms with E-state index >= 15 is 0 Å². The van der Waals surface area contributed by atoms with E-state index in [1.165, 1.54) is 0 Å². The number of hydrogen-bond donors (Lipinski definition) is 2. The molecule has 6 nitrogen and oxygen atoms in total. The normalized spacial score (nSPS) is 11.8. The maximum Gasteiger partial charge on any atom is 0.251 e. The smallest absolute Gasteiger partial charge is 0.251 e. The maximum atomic E-state index is 13.1. The molecule has 3 aromatic carbocycles. The van der Waals surface area contributed by atoms with Crippen molar-refractivity contribution in [1.29, 1.82) is 0 Å². The Bertz CT molecular complexity index is 1220. The number of fused-ring (bicyclic) bond motifs is 1. The summed E-state index contributed by atoms with van der Waals surface area (Å²) in [5.41, 5.74) is 4.97. The summed E-state index contributed by atoms with van der Waals surface area (Å²) in [6.07, 6.45) is 2.04. The second-order valence-corrected chi connectivity index (χ2v) is 8.14. The van der Waals surface area contributed by atoms with E-state index in [0.717, 1.165) is 27.7 Å². The number of aromatic nitrogens is 1. The topological polar surface area (TPSA) is 66.6 Å². The molecule has 0 aliphatic carbocycles. The first kappa shape index (κ1) is 22.3. The fraction of sp³-hybridized carbons (Fsp3) is 0.222. The second-order valence-electron chi connectivity index (χ2n) is 8.14. The van der Waals surface area contributed by atoms with Gasteiger partial charge in [-0.25, -0.2) is 0 Å². The van der Waals surface area contributed by atoms with E-state index in [1.807, 2.05) is 32.4 Å². The summed E-state index contributed by atoms with van der Waals surface area (Å²) < 4.78 is 10.6. The second kappa shape index (κ2) is 9.69. The van der Waals surface area contributed by atoms with Crippen LogP contribution in [0.2, 0.25) is 0 Å². The molecule has 33 heavy (non-hydrogen) atoms. The van der Waals surface area contributed by atoms with Crippen LogP contribution in [0, 0.1) is 0 Å². The average Bonchev–Trinajstić information content (AvgIpc) is 3.28. The van der Waals surface area contributed by atoms with Gasteiger partial charge in [-0.1, -0.05) is 30.3 Å². The highest BCUT2D eigenvalue weighted by molar-refractivity contribution is 5.95. The van der Waals surface area contributed by atoms with Gasteiger partial charge in [-0.05, 0) is 41.5 Å². The summed E-state index contributed by atoms with van der Waals surface area (Å²) in [5.74, 6) is 0.953. The fourth-order valence-corrected chi connectivity index (χ4v) is 4.03. The average molecular weight is 444 g/mol. The van der Waals surface area contributed by atoms with Crippen molar-refractivity contribution in [1.82, 2.24) is 10.3 Å². The number of nitrogens with one attached hydrogen (secondary N) is 2. The molecule has 4 rings (SSSR count). The first-order valence-corrected chi connectivity index (χ1v) is 10.8. The number of carbonyl (C=O) groups excluding carboxylic acids is 1. The molecular weight excluding hydrogens is 414 g/mol. The van der Waals surface area contributed by atoms with Gasteiger partial charge in [0.05, 0.1) is 14.2 Å². The van der Waals surface area contributed by atoms with Crippen molar-refractivity contribution in [3.8, 4) is 11.5 Å². The molecule has 170 valence electrons. The fourth-order valence-electron chi connectivity index (χ4n) is 4.03. The van der Waals surface area contributed by atoms with Crippen molar-refractivity contribution in [2.75, 3.05) is 39.8 Å². The highest BCUT2D eigenvalue weighted by Crippen LogP contribution is 2.31. The SMILES string of the molecule is COc1cc(OC)cc(C(=O)NC[C@@H](c2ccc(N(C)C)cc2)c2c[nH]c3ccccc23)c1. The van der Waals surface area contributed by atoms with Crippen LogP contribution in [0.3, 0.4) is 0 Å². The third-order valence-electron chi connectivity index (χ3n) is 5.89.